The van der Waals surface area contributed by atoms with Gasteiger partial charge < -0.3 is 13.9 Å². The van der Waals surface area contributed by atoms with Gasteiger partial charge in [-0.3, -0.25) is 9.88 Å². The van der Waals surface area contributed by atoms with Crippen molar-refractivity contribution in [3.05, 3.63) is 53.7 Å². The molecule has 0 bridgehead atoms. The molecule has 0 radical (unpaired) electrons. The van der Waals surface area contributed by atoms with Gasteiger partial charge >= 0.3 is 0 Å². The summed E-state index contributed by atoms with van der Waals surface area (Å²) in [7, 11) is 0. The van der Waals surface area contributed by atoms with Gasteiger partial charge in [0.05, 0.1) is 32.0 Å². The Bertz CT molecular complexity index is 673. The van der Waals surface area contributed by atoms with Crippen molar-refractivity contribution in [1.29, 1.82) is 0 Å². The molecule has 0 unspecified atom stereocenters. The lowest BCUT2D eigenvalue weighted by Gasteiger charge is -2.35. The zero-order chi connectivity index (χ0) is 17.1. The van der Waals surface area contributed by atoms with E-state index >= 15 is 0 Å². The minimum absolute atomic E-state index is 0.212. The van der Waals surface area contributed by atoms with Crippen LogP contribution in [0.3, 0.4) is 0 Å². The second kappa shape index (κ2) is 7.68. The van der Waals surface area contributed by atoms with Crippen molar-refractivity contribution < 1.29 is 13.9 Å². The van der Waals surface area contributed by atoms with Crippen LogP contribution in [-0.4, -0.2) is 41.3 Å². The molecule has 25 heavy (non-hydrogen) atoms. The number of hydrogen-bond acceptors (Lipinski definition) is 5. The maximum atomic E-state index is 6.31. The molecule has 0 N–H and O–H groups in total. The first-order chi connectivity index (χ1) is 12.3. The Labute approximate surface area is 148 Å². The second-order valence-corrected chi connectivity index (χ2v) is 7.09. The quantitative estimate of drug-likeness (QED) is 0.806. The maximum absolute atomic E-state index is 6.31. The van der Waals surface area contributed by atoms with Gasteiger partial charge in [0.25, 0.3) is 0 Å². The summed E-state index contributed by atoms with van der Waals surface area (Å²) < 4.78 is 17.9. The zero-order valence-electron chi connectivity index (χ0n) is 14.8. The van der Waals surface area contributed by atoms with Crippen molar-refractivity contribution in [2.24, 2.45) is 0 Å². The van der Waals surface area contributed by atoms with Gasteiger partial charge in [-0.1, -0.05) is 6.07 Å². The molecular formula is C20H26N2O3. The molecule has 134 valence electrons. The van der Waals surface area contributed by atoms with E-state index < -0.39 is 0 Å². The second-order valence-electron chi connectivity index (χ2n) is 7.09. The van der Waals surface area contributed by atoms with E-state index in [9.17, 15) is 0 Å². The summed E-state index contributed by atoms with van der Waals surface area (Å²) in [6.07, 6.45) is 7.50. The molecule has 4 rings (SSSR count). The number of likely N-dealkylation sites (tertiary alicyclic amines) is 1. The first-order valence-electron chi connectivity index (χ1n) is 9.19. The molecule has 0 saturated carbocycles. The summed E-state index contributed by atoms with van der Waals surface area (Å²) in [5.74, 6) is 2.04. The molecule has 2 aliphatic rings. The first-order valence-corrected chi connectivity index (χ1v) is 9.19. The van der Waals surface area contributed by atoms with Gasteiger partial charge in [0.15, 0.2) is 0 Å². The van der Waals surface area contributed by atoms with Crippen LogP contribution in [0.15, 0.2) is 41.1 Å². The van der Waals surface area contributed by atoms with Crippen molar-refractivity contribution in [2.75, 3.05) is 13.2 Å². The predicted octanol–water partition coefficient (Wildman–Crippen LogP) is 3.32. The first kappa shape index (κ1) is 16.8. The van der Waals surface area contributed by atoms with Crippen molar-refractivity contribution in [1.82, 2.24) is 9.88 Å². The SMILES string of the molecule is Cc1ccc(CN2CC[C@@H]3O[C@H](COCc4cccnc4)CC[C@@H]32)o1. The standard InChI is InChI=1S/C20H26N2O3/c1-15-4-5-17(24-15)12-22-10-8-20-19(22)7-6-18(25-20)14-23-13-16-3-2-9-21-11-16/h2-5,9,11,18-20H,6-8,10,12-14H2,1H3/t18-,19-,20-/m0/s1. The highest BCUT2D eigenvalue weighted by atomic mass is 16.5. The van der Waals surface area contributed by atoms with Gasteiger partial charge in [0.1, 0.15) is 11.5 Å². The fourth-order valence-electron chi connectivity index (χ4n) is 3.97. The number of aryl methyl sites for hydroxylation is 1. The monoisotopic (exact) mass is 342 g/mol. The summed E-state index contributed by atoms with van der Waals surface area (Å²) >= 11 is 0. The highest BCUT2D eigenvalue weighted by Crippen LogP contribution is 2.32. The van der Waals surface area contributed by atoms with Crippen LogP contribution in [0.1, 0.15) is 36.3 Å². The molecule has 0 aromatic carbocycles. The number of nitrogens with zero attached hydrogens (tertiary/aromatic N) is 2. The maximum Gasteiger partial charge on any atom is 0.118 e. The Hall–Kier alpha value is -1.69. The average Bonchev–Trinajstić information content (AvgIpc) is 3.22. The van der Waals surface area contributed by atoms with Crippen molar-refractivity contribution in [3.63, 3.8) is 0 Å². The van der Waals surface area contributed by atoms with Gasteiger partial charge in [-0.05, 0) is 49.9 Å². The third-order valence-corrected chi connectivity index (χ3v) is 5.20. The lowest BCUT2D eigenvalue weighted by molar-refractivity contribution is -0.102. The van der Waals surface area contributed by atoms with Gasteiger partial charge in [-0.25, -0.2) is 0 Å². The molecule has 2 fully saturated rings. The van der Waals surface area contributed by atoms with Crippen molar-refractivity contribution >= 4 is 0 Å². The van der Waals surface area contributed by atoms with Gasteiger partial charge in [-0.15, -0.1) is 0 Å². The zero-order valence-corrected chi connectivity index (χ0v) is 14.8. The summed E-state index contributed by atoms with van der Waals surface area (Å²) in [4.78, 5) is 6.62. The lowest BCUT2D eigenvalue weighted by atomic mass is 9.99. The van der Waals surface area contributed by atoms with E-state index in [0.29, 0.717) is 25.4 Å². The van der Waals surface area contributed by atoms with Crippen molar-refractivity contribution in [2.45, 2.75) is 57.6 Å². The van der Waals surface area contributed by atoms with E-state index in [-0.39, 0.29) is 6.10 Å². The van der Waals surface area contributed by atoms with E-state index in [1.54, 1.807) is 6.20 Å². The molecule has 0 spiro atoms. The van der Waals surface area contributed by atoms with Crippen LogP contribution in [0.2, 0.25) is 0 Å². The van der Waals surface area contributed by atoms with Crippen LogP contribution >= 0.6 is 0 Å². The Kier molecular flexibility index (Phi) is 5.15. The average molecular weight is 342 g/mol. The van der Waals surface area contributed by atoms with Crippen LogP contribution in [0, 0.1) is 6.92 Å². The van der Waals surface area contributed by atoms with E-state index in [2.05, 4.69) is 16.0 Å². The molecule has 2 saturated heterocycles. The third kappa shape index (κ3) is 4.11. The summed E-state index contributed by atoms with van der Waals surface area (Å²) in [5, 5.41) is 0. The predicted molar refractivity (Wildman–Crippen MR) is 94.0 cm³/mol. The Morgan fingerprint density at radius 2 is 2.20 bits per heavy atom. The molecule has 5 heteroatoms. The Morgan fingerprint density at radius 1 is 1.24 bits per heavy atom. The highest BCUT2D eigenvalue weighted by molar-refractivity contribution is 5.07. The number of ether oxygens (including phenoxy) is 2. The smallest absolute Gasteiger partial charge is 0.118 e. The number of hydrogen-bond donors (Lipinski definition) is 0. The van der Waals surface area contributed by atoms with Crippen LogP contribution in [0.4, 0.5) is 0 Å². The largest absolute Gasteiger partial charge is 0.465 e. The summed E-state index contributed by atoms with van der Waals surface area (Å²) in [5.41, 5.74) is 1.11. The van der Waals surface area contributed by atoms with Crippen molar-refractivity contribution in [3.8, 4) is 0 Å². The molecule has 3 atom stereocenters. The summed E-state index contributed by atoms with van der Waals surface area (Å²) in [6.45, 7) is 5.23. The fourth-order valence-corrected chi connectivity index (χ4v) is 3.97. The molecular weight excluding hydrogens is 316 g/mol. The highest BCUT2D eigenvalue weighted by Gasteiger charge is 2.39. The van der Waals surface area contributed by atoms with Crippen LogP contribution < -0.4 is 0 Å². The molecule has 4 heterocycles. The van der Waals surface area contributed by atoms with Crippen LogP contribution in [-0.2, 0) is 22.6 Å². The minimum Gasteiger partial charge on any atom is -0.465 e. The fraction of sp³-hybridized carbons (Fsp3) is 0.550. The van der Waals surface area contributed by atoms with E-state index in [0.717, 1.165) is 43.0 Å². The third-order valence-electron chi connectivity index (χ3n) is 5.20. The van der Waals surface area contributed by atoms with E-state index in [4.69, 9.17) is 13.9 Å². The number of aromatic nitrogens is 1. The molecule has 2 aliphatic heterocycles. The van der Waals surface area contributed by atoms with Crippen LogP contribution in [0.5, 0.6) is 0 Å². The van der Waals surface area contributed by atoms with Gasteiger partial charge in [0, 0.05) is 25.0 Å². The van der Waals surface area contributed by atoms with Gasteiger partial charge in [-0.2, -0.15) is 0 Å². The molecule has 0 amide bonds. The number of pyridine rings is 1. The van der Waals surface area contributed by atoms with E-state index in [1.807, 2.05) is 31.3 Å². The number of fused-ring (bicyclic) bond motifs is 1. The minimum atomic E-state index is 0.212. The Balaban J connectivity index is 1.24. The molecule has 2 aromatic rings. The lowest BCUT2D eigenvalue weighted by Crippen LogP contribution is -2.43. The van der Waals surface area contributed by atoms with Gasteiger partial charge in [0.2, 0.25) is 0 Å². The molecule has 5 nitrogen and oxygen atoms in total. The number of furan rings is 1. The molecule has 0 aliphatic carbocycles. The molecule has 2 aromatic heterocycles. The van der Waals surface area contributed by atoms with E-state index in [1.165, 1.54) is 6.42 Å². The topological polar surface area (TPSA) is 47.7 Å². The number of rotatable bonds is 6. The van der Waals surface area contributed by atoms with Crippen LogP contribution in [0.25, 0.3) is 0 Å². The Morgan fingerprint density at radius 3 is 3.00 bits per heavy atom. The normalized spacial score (nSPS) is 26.7. The summed E-state index contributed by atoms with van der Waals surface area (Å²) in [6, 6.07) is 8.61.